The summed E-state index contributed by atoms with van der Waals surface area (Å²) in [7, 11) is -4.13. The van der Waals surface area contributed by atoms with Crippen LogP contribution in [0.5, 0.6) is 0 Å². The summed E-state index contributed by atoms with van der Waals surface area (Å²) in [4.78, 5) is 30.1. The van der Waals surface area contributed by atoms with Gasteiger partial charge in [-0.05, 0) is 79.3 Å². The van der Waals surface area contributed by atoms with Crippen molar-refractivity contribution in [1.29, 1.82) is 0 Å². The van der Waals surface area contributed by atoms with Gasteiger partial charge in [-0.1, -0.05) is 92.2 Å². The van der Waals surface area contributed by atoms with E-state index in [9.17, 15) is 18.0 Å². The first-order chi connectivity index (χ1) is 21.6. The first kappa shape index (κ1) is 33.5. The van der Waals surface area contributed by atoms with Crippen molar-refractivity contribution in [3.63, 3.8) is 0 Å². The third-order valence-corrected chi connectivity index (χ3v) is 9.60. The second-order valence-corrected chi connectivity index (χ2v) is 13.3. The van der Waals surface area contributed by atoms with E-state index in [0.29, 0.717) is 12.2 Å². The Kier molecular flexibility index (Phi) is 11.5. The number of nitrogens with one attached hydrogen (secondary N) is 1. The van der Waals surface area contributed by atoms with Crippen LogP contribution in [-0.4, -0.2) is 44.3 Å². The van der Waals surface area contributed by atoms with Gasteiger partial charge in [0.2, 0.25) is 11.8 Å². The maximum Gasteiger partial charge on any atom is 0.264 e. The maximum atomic E-state index is 14.6. The predicted octanol–water partition coefficient (Wildman–Crippen LogP) is 6.36. The van der Waals surface area contributed by atoms with Crippen LogP contribution in [0.15, 0.2) is 108 Å². The average Bonchev–Trinajstić information content (AvgIpc) is 3.02. The summed E-state index contributed by atoms with van der Waals surface area (Å²) in [6.07, 6.45) is 2.01. The van der Waals surface area contributed by atoms with Crippen molar-refractivity contribution in [2.24, 2.45) is 0 Å². The standard InChI is InChI=1S/C37H43N3O4S/c1-5-6-21-38-37(42)35(25-31-16-9-7-10-17-31)39(26-32-18-14-13-15-30(32)4)36(41)27-40(33-23-28(2)22-29(3)24-33)45(43,44)34-19-11-8-12-20-34/h7-20,22-24,35H,5-6,21,25-27H2,1-4H3,(H,38,42)/t35-/m0/s1. The third kappa shape index (κ3) is 8.82. The van der Waals surface area contributed by atoms with E-state index >= 15 is 0 Å². The second kappa shape index (κ2) is 15.5. The molecule has 2 amide bonds. The lowest BCUT2D eigenvalue weighted by atomic mass is 10.0. The molecule has 0 bridgehead atoms. The first-order valence-electron chi connectivity index (χ1n) is 15.4. The molecule has 0 aromatic heterocycles. The van der Waals surface area contributed by atoms with E-state index in [0.717, 1.165) is 40.7 Å². The fraction of sp³-hybridized carbons (Fsp3) is 0.297. The van der Waals surface area contributed by atoms with Gasteiger partial charge in [-0.15, -0.1) is 0 Å². The molecule has 0 heterocycles. The van der Waals surface area contributed by atoms with Crippen molar-refractivity contribution in [2.75, 3.05) is 17.4 Å². The largest absolute Gasteiger partial charge is 0.354 e. The number of carbonyl (C=O) groups is 2. The number of rotatable bonds is 14. The van der Waals surface area contributed by atoms with Crippen LogP contribution >= 0.6 is 0 Å². The van der Waals surface area contributed by atoms with Gasteiger partial charge >= 0.3 is 0 Å². The molecule has 4 rings (SSSR count). The van der Waals surface area contributed by atoms with E-state index in [-0.39, 0.29) is 23.8 Å². The zero-order chi connectivity index (χ0) is 32.4. The molecule has 0 radical (unpaired) electrons. The minimum absolute atomic E-state index is 0.0838. The normalized spacial score (nSPS) is 11.9. The zero-order valence-electron chi connectivity index (χ0n) is 26.6. The topological polar surface area (TPSA) is 86.8 Å². The van der Waals surface area contributed by atoms with E-state index in [1.54, 1.807) is 35.2 Å². The summed E-state index contributed by atoms with van der Waals surface area (Å²) >= 11 is 0. The number of hydrogen-bond acceptors (Lipinski definition) is 4. The van der Waals surface area contributed by atoms with E-state index in [4.69, 9.17) is 0 Å². The highest BCUT2D eigenvalue weighted by Gasteiger charge is 2.34. The summed E-state index contributed by atoms with van der Waals surface area (Å²) in [6, 6.07) is 30.1. The van der Waals surface area contributed by atoms with Gasteiger partial charge in [0.15, 0.2) is 0 Å². The van der Waals surface area contributed by atoms with Crippen molar-refractivity contribution >= 4 is 27.5 Å². The maximum absolute atomic E-state index is 14.6. The van der Waals surface area contributed by atoms with Crippen LogP contribution in [-0.2, 0) is 32.6 Å². The first-order valence-corrected chi connectivity index (χ1v) is 16.9. The van der Waals surface area contributed by atoms with Crippen molar-refractivity contribution in [3.05, 3.63) is 131 Å². The molecular weight excluding hydrogens is 582 g/mol. The molecule has 0 unspecified atom stereocenters. The molecule has 1 N–H and O–H groups in total. The smallest absolute Gasteiger partial charge is 0.264 e. The van der Waals surface area contributed by atoms with Crippen LogP contribution < -0.4 is 9.62 Å². The van der Waals surface area contributed by atoms with E-state index < -0.39 is 28.5 Å². The van der Waals surface area contributed by atoms with Gasteiger partial charge in [-0.2, -0.15) is 0 Å². The summed E-state index contributed by atoms with van der Waals surface area (Å²) in [5.74, 6) is -0.735. The molecule has 236 valence electrons. The van der Waals surface area contributed by atoms with Crippen LogP contribution in [0.1, 0.15) is 47.6 Å². The lowest BCUT2D eigenvalue weighted by Crippen LogP contribution is -2.53. The highest BCUT2D eigenvalue weighted by molar-refractivity contribution is 7.92. The minimum Gasteiger partial charge on any atom is -0.354 e. The Morgan fingerprint density at radius 1 is 0.800 bits per heavy atom. The highest BCUT2D eigenvalue weighted by Crippen LogP contribution is 2.27. The number of benzene rings is 4. The molecule has 0 saturated carbocycles. The molecule has 0 fully saturated rings. The zero-order valence-corrected chi connectivity index (χ0v) is 27.4. The fourth-order valence-corrected chi connectivity index (χ4v) is 6.79. The Hall–Kier alpha value is -4.43. The second-order valence-electron chi connectivity index (χ2n) is 11.5. The van der Waals surface area contributed by atoms with Gasteiger partial charge in [0.1, 0.15) is 12.6 Å². The van der Waals surface area contributed by atoms with Gasteiger partial charge in [-0.25, -0.2) is 8.42 Å². The van der Waals surface area contributed by atoms with Gasteiger partial charge in [-0.3, -0.25) is 13.9 Å². The number of hydrogen-bond donors (Lipinski definition) is 1. The summed E-state index contributed by atoms with van der Waals surface area (Å²) in [5, 5.41) is 3.03. The van der Waals surface area contributed by atoms with Crippen LogP contribution in [0.4, 0.5) is 5.69 Å². The van der Waals surface area contributed by atoms with Crippen molar-refractivity contribution in [3.8, 4) is 0 Å². The Morgan fingerprint density at radius 3 is 2.02 bits per heavy atom. The molecule has 4 aromatic rings. The third-order valence-electron chi connectivity index (χ3n) is 7.81. The van der Waals surface area contributed by atoms with E-state index in [2.05, 4.69) is 12.2 Å². The number of nitrogens with zero attached hydrogens (tertiary/aromatic N) is 2. The van der Waals surface area contributed by atoms with Crippen LogP contribution in [0, 0.1) is 20.8 Å². The van der Waals surface area contributed by atoms with Crippen LogP contribution in [0.2, 0.25) is 0 Å². The summed E-state index contributed by atoms with van der Waals surface area (Å²) < 4.78 is 29.5. The number of sulfonamides is 1. The van der Waals surface area contributed by atoms with Crippen molar-refractivity contribution in [1.82, 2.24) is 10.2 Å². The predicted molar refractivity (Wildman–Crippen MR) is 180 cm³/mol. The molecular formula is C37H43N3O4S. The number of amides is 2. The molecule has 0 aliphatic rings. The van der Waals surface area contributed by atoms with Gasteiger partial charge in [0.25, 0.3) is 10.0 Å². The van der Waals surface area contributed by atoms with Gasteiger partial charge in [0, 0.05) is 19.5 Å². The Bertz CT molecular complexity index is 1670. The van der Waals surface area contributed by atoms with Gasteiger partial charge in [0.05, 0.1) is 10.6 Å². The molecule has 0 aliphatic heterocycles. The summed E-state index contributed by atoms with van der Waals surface area (Å²) in [5.41, 5.74) is 4.91. The summed E-state index contributed by atoms with van der Waals surface area (Å²) in [6.45, 7) is 7.97. The number of carbonyl (C=O) groups excluding carboxylic acids is 2. The number of unbranched alkanes of at least 4 members (excludes halogenated alkanes) is 1. The molecule has 1 atom stereocenters. The van der Waals surface area contributed by atoms with Crippen molar-refractivity contribution < 1.29 is 18.0 Å². The lowest BCUT2D eigenvalue weighted by Gasteiger charge is -2.34. The van der Waals surface area contributed by atoms with Gasteiger partial charge < -0.3 is 10.2 Å². The number of anilines is 1. The Morgan fingerprint density at radius 2 is 1.40 bits per heavy atom. The van der Waals surface area contributed by atoms with E-state index in [1.807, 2.05) is 81.4 Å². The Labute approximate surface area is 268 Å². The van der Waals surface area contributed by atoms with E-state index in [1.165, 1.54) is 16.4 Å². The SMILES string of the molecule is CCCCNC(=O)[C@H](Cc1ccccc1)N(Cc1ccccc1C)C(=O)CN(c1cc(C)cc(C)c1)S(=O)(=O)c1ccccc1. The molecule has 0 spiro atoms. The van der Waals surface area contributed by atoms with Crippen LogP contribution in [0.25, 0.3) is 0 Å². The molecule has 0 aliphatic carbocycles. The lowest BCUT2D eigenvalue weighted by molar-refractivity contribution is -0.140. The highest BCUT2D eigenvalue weighted by atomic mass is 32.2. The van der Waals surface area contributed by atoms with Crippen molar-refractivity contribution in [2.45, 2.75) is 64.4 Å². The molecule has 45 heavy (non-hydrogen) atoms. The molecule has 8 heteroatoms. The molecule has 4 aromatic carbocycles. The monoisotopic (exact) mass is 625 g/mol. The average molecular weight is 626 g/mol. The fourth-order valence-electron chi connectivity index (χ4n) is 5.37. The molecule has 0 saturated heterocycles. The number of aryl methyl sites for hydroxylation is 3. The van der Waals surface area contributed by atoms with Crippen LogP contribution in [0.3, 0.4) is 0 Å². The minimum atomic E-state index is -4.13. The molecule has 7 nitrogen and oxygen atoms in total. The quantitative estimate of drug-likeness (QED) is 0.165. The Balaban J connectivity index is 1.81.